The van der Waals surface area contributed by atoms with E-state index >= 15 is 0 Å². The van der Waals surface area contributed by atoms with Gasteiger partial charge in [0.2, 0.25) is 0 Å². The van der Waals surface area contributed by atoms with Crippen molar-refractivity contribution in [2.24, 2.45) is 0 Å². The molecular formula is C13H14ClNO5. The van der Waals surface area contributed by atoms with E-state index in [0.717, 1.165) is 0 Å². The minimum absolute atomic E-state index is 0.0855. The third kappa shape index (κ3) is 3.02. The second-order valence-electron chi connectivity index (χ2n) is 4.30. The van der Waals surface area contributed by atoms with Crippen molar-refractivity contribution in [1.29, 1.82) is 0 Å². The van der Waals surface area contributed by atoms with E-state index in [1.54, 1.807) is 0 Å². The molecule has 1 aromatic rings. The molecule has 0 radical (unpaired) electrons. The molecule has 108 valence electrons. The van der Waals surface area contributed by atoms with E-state index in [2.05, 4.69) is 4.74 Å². The molecule has 1 unspecified atom stereocenters. The predicted molar refractivity (Wildman–Crippen MR) is 70.8 cm³/mol. The third-order valence-electron chi connectivity index (χ3n) is 3.01. The number of nitrogens with zero attached hydrogens (tertiary/aromatic N) is 1. The molecule has 1 atom stereocenters. The van der Waals surface area contributed by atoms with Crippen molar-refractivity contribution < 1.29 is 24.2 Å². The van der Waals surface area contributed by atoms with Crippen molar-refractivity contribution in [3.05, 3.63) is 28.8 Å². The normalized spacial score (nSPS) is 18.7. The molecule has 0 aromatic heterocycles. The van der Waals surface area contributed by atoms with Crippen LogP contribution in [0.2, 0.25) is 5.02 Å². The number of carbonyl (C=O) groups is 2. The van der Waals surface area contributed by atoms with Crippen molar-refractivity contribution >= 4 is 23.5 Å². The van der Waals surface area contributed by atoms with Crippen LogP contribution in [0.1, 0.15) is 10.4 Å². The summed E-state index contributed by atoms with van der Waals surface area (Å²) in [5.41, 5.74) is 0.346. The fourth-order valence-corrected chi connectivity index (χ4v) is 2.11. The summed E-state index contributed by atoms with van der Waals surface area (Å²) in [6.07, 6.45) is -0.773. The second-order valence-corrected chi connectivity index (χ2v) is 4.71. The lowest BCUT2D eigenvalue weighted by Gasteiger charge is -2.31. The maximum absolute atomic E-state index is 12.3. The minimum atomic E-state index is -0.773. The van der Waals surface area contributed by atoms with Crippen molar-refractivity contribution in [3.63, 3.8) is 0 Å². The first kappa shape index (κ1) is 14.6. The van der Waals surface area contributed by atoms with Gasteiger partial charge in [-0.25, -0.2) is 4.79 Å². The summed E-state index contributed by atoms with van der Waals surface area (Å²) in [5.74, 6) is -0.868. The van der Waals surface area contributed by atoms with Crippen LogP contribution in [-0.2, 0) is 14.3 Å². The van der Waals surface area contributed by atoms with Crippen LogP contribution < -0.4 is 0 Å². The van der Waals surface area contributed by atoms with Crippen LogP contribution in [0.3, 0.4) is 0 Å². The number of halogens is 1. The molecule has 0 aliphatic carbocycles. The molecule has 0 saturated carbocycles. The number of rotatable bonds is 2. The standard InChI is InChI=1S/C13H14ClNO5/c1-19-13(18)11-7-15(4-5-20-11)12(17)8-2-3-10(16)9(14)6-8/h2-3,6,11,16H,4-5,7H2,1H3. The lowest BCUT2D eigenvalue weighted by Crippen LogP contribution is -2.48. The van der Waals surface area contributed by atoms with E-state index in [0.29, 0.717) is 12.1 Å². The molecular weight excluding hydrogens is 286 g/mol. The van der Waals surface area contributed by atoms with Crippen LogP contribution in [0.5, 0.6) is 5.75 Å². The molecule has 2 rings (SSSR count). The topological polar surface area (TPSA) is 76.1 Å². The van der Waals surface area contributed by atoms with Gasteiger partial charge >= 0.3 is 5.97 Å². The van der Waals surface area contributed by atoms with Gasteiger partial charge in [0.1, 0.15) is 5.75 Å². The SMILES string of the molecule is COC(=O)C1CN(C(=O)c2ccc(O)c(Cl)c2)CCO1. The number of morpholine rings is 1. The summed E-state index contributed by atoms with van der Waals surface area (Å²) < 4.78 is 9.86. The van der Waals surface area contributed by atoms with Gasteiger partial charge in [0.25, 0.3) is 5.91 Å². The zero-order valence-corrected chi connectivity index (χ0v) is 11.6. The average Bonchev–Trinajstić information content (AvgIpc) is 2.48. The molecule has 6 nitrogen and oxygen atoms in total. The monoisotopic (exact) mass is 299 g/mol. The number of ether oxygens (including phenoxy) is 2. The maximum atomic E-state index is 12.3. The van der Waals surface area contributed by atoms with E-state index in [4.69, 9.17) is 16.3 Å². The molecule has 1 saturated heterocycles. The summed E-state index contributed by atoms with van der Waals surface area (Å²) in [7, 11) is 1.27. The van der Waals surface area contributed by atoms with E-state index in [1.165, 1.54) is 30.2 Å². The van der Waals surface area contributed by atoms with Crippen LogP contribution in [0.15, 0.2) is 18.2 Å². The Morgan fingerprint density at radius 1 is 1.50 bits per heavy atom. The molecule has 20 heavy (non-hydrogen) atoms. The van der Waals surface area contributed by atoms with Crippen molar-refractivity contribution in [1.82, 2.24) is 4.90 Å². The number of phenols is 1. The highest BCUT2D eigenvalue weighted by atomic mass is 35.5. The summed E-state index contributed by atoms with van der Waals surface area (Å²) in [6, 6.07) is 4.22. The Balaban J connectivity index is 2.12. The van der Waals surface area contributed by atoms with E-state index < -0.39 is 12.1 Å². The van der Waals surface area contributed by atoms with Crippen LogP contribution in [-0.4, -0.2) is 54.8 Å². The zero-order chi connectivity index (χ0) is 14.7. The molecule has 1 aromatic carbocycles. The van der Waals surface area contributed by atoms with Gasteiger partial charge in [-0.1, -0.05) is 11.6 Å². The Kier molecular flexibility index (Phi) is 4.46. The third-order valence-corrected chi connectivity index (χ3v) is 3.32. The summed E-state index contributed by atoms with van der Waals surface area (Å²) in [4.78, 5) is 25.2. The van der Waals surface area contributed by atoms with Gasteiger partial charge in [-0.05, 0) is 18.2 Å². The molecule has 1 aliphatic heterocycles. The summed E-state index contributed by atoms with van der Waals surface area (Å²) >= 11 is 5.78. The fraction of sp³-hybridized carbons (Fsp3) is 0.385. The lowest BCUT2D eigenvalue weighted by atomic mass is 10.1. The molecule has 1 amide bonds. The highest BCUT2D eigenvalue weighted by molar-refractivity contribution is 6.32. The molecule has 1 fully saturated rings. The van der Waals surface area contributed by atoms with Crippen LogP contribution in [0, 0.1) is 0 Å². The van der Waals surface area contributed by atoms with E-state index in [-0.39, 0.29) is 29.8 Å². The first-order valence-electron chi connectivity index (χ1n) is 6.00. The van der Waals surface area contributed by atoms with Crippen molar-refractivity contribution in [2.75, 3.05) is 26.8 Å². The molecule has 1 N–H and O–H groups in total. The molecule has 7 heteroatoms. The molecule has 1 aliphatic rings. The molecule has 0 bridgehead atoms. The number of esters is 1. The Hall–Kier alpha value is -1.79. The summed E-state index contributed by atoms with van der Waals surface area (Å²) in [6.45, 7) is 0.770. The number of phenolic OH excluding ortho intramolecular Hbond substituents is 1. The number of aromatic hydroxyl groups is 1. The number of methoxy groups -OCH3 is 1. The number of amides is 1. The van der Waals surface area contributed by atoms with Crippen molar-refractivity contribution in [3.8, 4) is 5.75 Å². The Bertz CT molecular complexity index is 533. The Labute approximate surface area is 120 Å². The Morgan fingerprint density at radius 2 is 2.25 bits per heavy atom. The van der Waals surface area contributed by atoms with Gasteiger partial charge in [-0.2, -0.15) is 0 Å². The van der Waals surface area contributed by atoms with E-state index in [1.807, 2.05) is 0 Å². The zero-order valence-electron chi connectivity index (χ0n) is 10.8. The smallest absolute Gasteiger partial charge is 0.336 e. The maximum Gasteiger partial charge on any atom is 0.336 e. The van der Waals surface area contributed by atoms with Gasteiger partial charge in [-0.3, -0.25) is 4.79 Å². The first-order chi connectivity index (χ1) is 9.52. The van der Waals surface area contributed by atoms with Gasteiger partial charge < -0.3 is 19.5 Å². The summed E-state index contributed by atoms with van der Waals surface area (Å²) in [5, 5.41) is 9.45. The minimum Gasteiger partial charge on any atom is -0.506 e. The fourth-order valence-electron chi connectivity index (χ4n) is 1.93. The quantitative estimate of drug-likeness (QED) is 0.826. The van der Waals surface area contributed by atoms with Gasteiger partial charge in [-0.15, -0.1) is 0 Å². The average molecular weight is 300 g/mol. The number of benzene rings is 1. The second kappa shape index (κ2) is 6.11. The largest absolute Gasteiger partial charge is 0.506 e. The highest BCUT2D eigenvalue weighted by Gasteiger charge is 2.30. The molecule has 1 heterocycles. The van der Waals surface area contributed by atoms with Gasteiger partial charge in [0, 0.05) is 12.1 Å². The Morgan fingerprint density at radius 3 is 2.90 bits per heavy atom. The first-order valence-corrected chi connectivity index (χ1v) is 6.38. The van der Waals surface area contributed by atoms with Crippen LogP contribution in [0.4, 0.5) is 0 Å². The number of hydrogen-bond donors (Lipinski definition) is 1. The lowest BCUT2D eigenvalue weighted by molar-refractivity contribution is -0.158. The van der Waals surface area contributed by atoms with E-state index in [9.17, 15) is 14.7 Å². The predicted octanol–water partition coefficient (Wildman–Crippen LogP) is 1.06. The van der Waals surface area contributed by atoms with Gasteiger partial charge in [0.15, 0.2) is 6.10 Å². The van der Waals surface area contributed by atoms with Crippen LogP contribution >= 0.6 is 11.6 Å². The number of hydrogen-bond acceptors (Lipinski definition) is 5. The highest BCUT2D eigenvalue weighted by Crippen LogP contribution is 2.24. The van der Waals surface area contributed by atoms with Crippen molar-refractivity contribution in [2.45, 2.75) is 6.10 Å². The van der Waals surface area contributed by atoms with Gasteiger partial charge in [0.05, 0.1) is 25.3 Å². The molecule has 0 spiro atoms. The van der Waals surface area contributed by atoms with Crippen LogP contribution in [0.25, 0.3) is 0 Å². The number of carbonyl (C=O) groups excluding carboxylic acids is 2.